The molecule has 0 amide bonds. The van der Waals surface area contributed by atoms with Gasteiger partial charge in [-0.2, -0.15) is 0 Å². The van der Waals surface area contributed by atoms with Crippen molar-refractivity contribution in [3.63, 3.8) is 0 Å². The predicted molar refractivity (Wildman–Crippen MR) is 58.7 cm³/mol. The van der Waals surface area contributed by atoms with Crippen molar-refractivity contribution in [2.24, 2.45) is 0 Å². The molecule has 1 fully saturated rings. The van der Waals surface area contributed by atoms with Crippen molar-refractivity contribution in [3.8, 4) is 0 Å². The highest BCUT2D eigenvalue weighted by Crippen LogP contribution is 2.39. The summed E-state index contributed by atoms with van der Waals surface area (Å²) in [5, 5.41) is 9.87. The second-order valence-corrected chi connectivity index (χ2v) is 4.42. The Labute approximate surface area is 85.2 Å². The molecule has 0 atom stereocenters. The molecule has 0 unspecified atom stereocenters. The van der Waals surface area contributed by atoms with Gasteiger partial charge in [-0.15, -0.1) is 0 Å². The van der Waals surface area contributed by atoms with E-state index in [9.17, 15) is 5.11 Å². The molecule has 2 rings (SSSR count). The third-order valence-electron chi connectivity index (χ3n) is 2.82. The number of nitrogens with zero attached hydrogens (tertiary/aromatic N) is 1. The van der Waals surface area contributed by atoms with Crippen LogP contribution in [0.4, 0.5) is 5.69 Å². The molecule has 1 aliphatic carbocycles. The molecule has 0 aliphatic heterocycles. The van der Waals surface area contributed by atoms with Gasteiger partial charge in [0.2, 0.25) is 0 Å². The minimum absolute atomic E-state index is 0.397. The molecular weight excluding hydrogens is 174 g/mol. The molecule has 14 heavy (non-hydrogen) atoms. The van der Waals surface area contributed by atoms with E-state index in [1.165, 1.54) is 11.3 Å². The third kappa shape index (κ3) is 1.90. The summed E-state index contributed by atoms with van der Waals surface area (Å²) in [6, 6.07) is 8.27. The minimum Gasteiger partial charge on any atom is -0.390 e. The highest BCUT2D eigenvalue weighted by atomic mass is 16.3. The number of anilines is 1. The zero-order chi connectivity index (χ0) is 10.2. The molecule has 1 aromatic carbocycles. The van der Waals surface area contributed by atoms with E-state index >= 15 is 0 Å². The molecule has 0 saturated heterocycles. The van der Waals surface area contributed by atoms with Crippen molar-refractivity contribution < 1.29 is 5.11 Å². The van der Waals surface area contributed by atoms with Crippen molar-refractivity contribution in [3.05, 3.63) is 29.8 Å². The predicted octanol–water partition coefficient (Wildman–Crippen LogP) is 1.82. The molecule has 0 aromatic heterocycles. The Bertz CT molecular complexity index is 329. The fourth-order valence-electron chi connectivity index (χ4n) is 1.77. The van der Waals surface area contributed by atoms with E-state index in [0.717, 1.165) is 19.3 Å². The van der Waals surface area contributed by atoms with Gasteiger partial charge >= 0.3 is 0 Å². The first-order valence-electron chi connectivity index (χ1n) is 5.08. The van der Waals surface area contributed by atoms with Crippen LogP contribution in [0.5, 0.6) is 0 Å². The number of para-hydroxylation sites is 1. The molecule has 0 heterocycles. The van der Waals surface area contributed by atoms with E-state index in [1.54, 1.807) is 0 Å². The van der Waals surface area contributed by atoms with Crippen LogP contribution in [0.25, 0.3) is 0 Å². The van der Waals surface area contributed by atoms with Crippen LogP contribution < -0.4 is 4.90 Å². The Morgan fingerprint density at radius 2 is 1.93 bits per heavy atom. The summed E-state index contributed by atoms with van der Waals surface area (Å²) in [4.78, 5) is 2.10. The van der Waals surface area contributed by atoms with E-state index in [-0.39, 0.29) is 0 Å². The smallest absolute Gasteiger partial charge is 0.0690 e. The van der Waals surface area contributed by atoms with Gasteiger partial charge in [-0.1, -0.05) is 18.2 Å². The zero-order valence-corrected chi connectivity index (χ0v) is 8.83. The second kappa shape index (κ2) is 3.28. The van der Waals surface area contributed by atoms with Crippen molar-refractivity contribution in [1.82, 2.24) is 0 Å². The van der Waals surface area contributed by atoms with Gasteiger partial charge in [-0.25, -0.2) is 0 Å². The largest absolute Gasteiger partial charge is 0.390 e. The Hall–Kier alpha value is -1.02. The molecule has 1 aromatic rings. The van der Waals surface area contributed by atoms with E-state index in [4.69, 9.17) is 0 Å². The Balaban J connectivity index is 2.23. The van der Waals surface area contributed by atoms with E-state index in [0.29, 0.717) is 0 Å². The number of benzene rings is 1. The maximum absolute atomic E-state index is 9.87. The zero-order valence-electron chi connectivity index (χ0n) is 8.83. The maximum atomic E-state index is 9.87. The third-order valence-corrected chi connectivity index (χ3v) is 2.82. The van der Waals surface area contributed by atoms with Gasteiger partial charge in [0.05, 0.1) is 5.60 Å². The average molecular weight is 191 g/mol. The topological polar surface area (TPSA) is 23.5 Å². The summed E-state index contributed by atoms with van der Waals surface area (Å²) in [6.45, 7) is 0. The molecule has 0 bridgehead atoms. The second-order valence-electron chi connectivity index (χ2n) is 4.42. The number of hydrogen-bond donors (Lipinski definition) is 1. The van der Waals surface area contributed by atoms with Crippen LogP contribution in [-0.4, -0.2) is 24.8 Å². The molecule has 76 valence electrons. The van der Waals surface area contributed by atoms with Crippen LogP contribution in [0, 0.1) is 0 Å². The molecule has 0 radical (unpaired) electrons. The summed E-state index contributed by atoms with van der Waals surface area (Å²) in [7, 11) is 4.07. The molecule has 1 aliphatic rings. The van der Waals surface area contributed by atoms with Crippen molar-refractivity contribution in [1.29, 1.82) is 0 Å². The van der Waals surface area contributed by atoms with Gasteiger partial charge < -0.3 is 10.0 Å². The van der Waals surface area contributed by atoms with Gasteiger partial charge in [0.15, 0.2) is 0 Å². The van der Waals surface area contributed by atoms with Gasteiger partial charge in [0, 0.05) is 26.2 Å². The van der Waals surface area contributed by atoms with Crippen molar-refractivity contribution in [2.45, 2.75) is 24.9 Å². The normalized spacial score (nSPS) is 17.9. The van der Waals surface area contributed by atoms with Gasteiger partial charge in [-0.05, 0) is 24.5 Å². The van der Waals surface area contributed by atoms with Gasteiger partial charge in [0.1, 0.15) is 0 Å². The van der Waals surface area contributed by atoms with Gasteiger partial charge in [-0.3, -0.25) is 0 Å². The quantitative estimate of drug-likeness (QED) is 0.787. The standard InChI is InChI=1S/C12H17NO/c1-13(2)11-6-4-3-5-10(11)9-12(14)7-8-12/h3-6,14H,7-9H2,1-2H3. The number of hydrogen-bond acceptors (Lipinski definition) is 2. The van der Waals surface area contributed by atoms with E-state index in [2.05, 4.69) is 17.0 Å². The average Bonchev–Trinajstić information content (AvgIpc) is 2.84. The summed E-state index contributed by atoms with van der Waals surface area (Å²) >= 11 is 0. The molecule has 2 nitrogen and oxygen atoms in total. The lowest BCUT2D eigenvalue weighted by molar-refractivity contribution is 0.151. The highest BCUT2D eigenvalue weighted by Gasteiger charge is 2.40. The Morgan fingerprint density at radius 3 is 2.50 bits per heavy atom. The monoisotopic (exact) mass is 191 g/mol. The maximum Gasteiger partial charge on any atom is 0.0690 e. The lowest BCUT2D eigenvalue weighted by atomic mass is 10.0. The van der Waals surface area contributed by atoms with Crippen LogP contribution in [0.15, 0.2) is 24.3 Å². The summed E-state index contributed by atoms with van der Waals surface area (Å²) in [5.74, 6) is 0. The number of aliphatic hydroxyl groups is 1. The summed E-state index contributed by atoms with van der Waals surface area (Å²) in [5.41, 5.74) is 2.07. The van der Waals surface area contributed by atoms with Crippen LogP contribution in [0.2, 0.25) is 0 Å². The fraction of sp³-hybridized carbons (Fsp3) is 0.500. The lowest BCUT2D eigenvalue weighted by Crippen LogP contribution is -2.16. The van der Waals surface area contributed by atoms with Gasteiger partial charge in [0.25, 0.3) is 0 Å². The molecule has 0 spiro atoms. The van der Waals surface area contributed by atoms with Crippen LogP contribution in [-0.2, 0) is 6.42 Å². The first-order chi connectivity index (χ1) is 6.61. The molecule has 2 heteroatoms. The van der Waals surface area contributed by atoms with E-state index < -0.39 is 5.60 Å². The van der Waals surface area contributed by atoms with E-state index in [1.807, 2.05) is 26.2 Å². The first kappa shape index (κ1) is 9.53. The first-order valence-corrected chi connectivity index (χ1v) is 5.08. The Kier molecular flexibility index (Phi) is 2.23. The van der Waals surface area contributed by atoms with Crippen molar-refractivity contribution in [2.75, 3.05) is 19.0 Å². The summed E-state index contributed by atoms with van der Waals surface area (Å²) < 4.78 is 0. The highest BCUT2D eigenvalue weighted by molar-refractivity contribution is 5.53. The SMILES string of the molecule is CN(C)c1ccccc1CC1(O)CC1. The van der Waals surface area contributed by atoms with Crippen LogP contribution >= 0.6 is 0 Å². The molecule has 1 N–H and O–H groups in total. The summed E-state index contributed by atoms with van der Waals surface area (Å²) in [6.07, 6.45) is 2.70. The Morgan fingerprint density at radius 1 is 1.29 bits per heavy atom. The van der Waals surface area contributed by atoms with Crippen molar-refractivity contribution >= 4 is 5.69 Å². The molecule has 1 saturated carbocycles. The molecular formula is C12H17NO. The van der Waals surface area contributed by atoms with Crippen LogP contribution in [0.3, 0.4) is 0 Å². The minimum atomic E-state index is -0.397. The fourth-order valence-corrected chi connectivity index (χ4v) is 1.77. The number of rotatable bonds is 3. The lowest BCUT2D eigenvalue weighted by Gasteiger charge is -2.18. The van der Waals surface area contributed by atoms with Crippen LogP contribution in [0.1, 0.15) is 18.4 Å².